The normalized spacial score (nSPS) is 12.1. The fourth-order valence-corrected chi connectivity index (χ4v) is 2.41. The number of pyridine rings is 1. The van der Waals surface area contributed by atoms with E-state index in [1.54, 1.807) is 6.20 Å². The Labute approximate surface area is 121 Å². The number of aromatic nitrogens is 1. The maximum Gasteiger partial charge on any atom is 0.194 e. The van der Waals surface area contributed by atoms with Crippen molar-refractivity contribution >= 4 is 17.7 Å². The fraction of sp³-hybridized carbons (Fsp3) is 0.500. The predicted octanol–water partition coefficient (Wildman–Crippen LogP) is 4.54. The molecule has 1 atom stereocenters. The number of carbonyl (C=O) groups is 1. The van der Waals surface area contributed by atoms with E-state index >= 15 is 0 Å². The lowest BCUT2D eigenvalue weighted by atomic mass is 9.97. The summed E-state index contributed by atoms with van der Waals surface area (Å²) in [4.78, 5) is 15.8. The molecule has 0 amide bonds. The molecule has 0 bridgehead atoms. The quantitative estimate of drug-likeness (QED) is 0.386. The van der Waals surface area contributed by atoms with Crippen molar-refractivity contribution in [3.05, 3.63) is 42.7 Å². The van der Waals surface area contributed by atoms with Crippen LogP contribution in [-0.2, 0) is 4.79 Å². The van der Waals surface area contributed by atoms with Gasteiger partial charge in [-0.2, -0.15) is 0 Å². The third kappa shape index (κ3) is 6.58. The lowest BCUT2D eigenvalue weighted by molar-refractivity contribution is -0.112. The SMILES string of the molecule is C=CCCCCCCCC(C(=O)S)c1ccccn1. The zero-order valence-corrected chi connectivity index (χ0v) is 12.3. The zero-order valence-electron chi connectivity index (χ0n) is 11.4. The molecule has 0 radical (unpaired) electrons. The largest absolute Gasteiger partial charge is 0.287 e. The van der Waals surface area contributed by atoms with E-state index in [1.165, 1.54) is 25.7 Å². The minimum Gasteiger partial charge on any atom is -0.287 e. The summed E-state index contributed by atoms with van der Waals surface area (Å²) in [5.41, 5.74) is 0.842. The summed E-state index contributed by atoms with van der Waals surface area (Å²) in [5.74, 6) is -0.155. The predicted molar refractivity (Wildman–Crippen MR) is 83.5 cm³/mol. The van der Waals surface area contributed by atoms with Crippen molar-refractivity contribution < 1.29 is 4.79 Å². The van der Waals surface area contributed by atoms with E-state index in [0.29, 0.717) is 0 Å². The van der Waals surface area contributed by atoms with Gasteiger partial charge in [0.25, 0.3) is 0 Å². The maximum absolute atomic E-state index is 11.6. The van der Waals surface area contributed by atoms with E-state index in [1.807, 2.05) is 24.3 Å². The number of thiol groups is 1. The first kappa shape index (κ1) is 16.0. The van der Waals surface area contributed by atoms with Crippen molar-refractivity contribution in [3.8, 4) is 0 Å². The Morgan fingerprint density at radius 2 is 2.00 bits per heavy atom. The van der Waals surface area contributed by atoms with Gasteiger partial charge in [-0.1, -0.05) is 37.8 Å². The Hall–Kier alpha value is -1.09. The minimum atomic E-state index is -0.155. The summed E-state index contributed by atoms with van der Waals surface area (Å²) in [6, 6.07) is 5.69. The average molecular weight is 277 g/mol. The molecular formula is C16H23NOS. The Morgan fingerprint density at radius 1 is 1.26 bits per heavy atom. The van der Waals surface area contributed by atoms with Crippen LogP contribution in [0.25, 0.3) is 0 Å². The number of nitrogens with zero attached hydrogens (tertiary/aromatic N) is 1. The van der Waals surface area contributed by atoms with E-state index in [4.69, 9.17) is 0 Å². The highest BCUT2D eigenvalue weighted by Crippen LogP contribution is 2.23. The number of carbonyl (C=O) groups excluding carboxylic acids is 1. The van der Waals surface area contributed by atoms with Crippen LogP contribution in [0.3, 0.4) is 0 Å². The van der Waals surface area contributed by atoms with Gasteiger partial charge in [-0.15, -0.1) is 19.2 Å². The molecule has 1 aromatic rings. The van der Waals surface area contributed by atoms with Crippen LogP contribution >= 0.6 is 12.6 Å². The highest BCUT2D eigenvalue weighted by Gasteiger charge is 2.17. The van der Waals surface area contributed by atoms with Crippen molar-refractivity contribution in [2.45, 2.75) is 50.9 Å². The standard InChI is InChI=1S/C16H23NOS/c1-2-3-4-5-6-7-8-11-14(16(18)19)15-12-9-10-13-17-15/h2,9-10,12-14H,1,3-8,11H2,(H,18,19). The van der Waals surface area contributed by atoms with Gasteiger partial charge in [-0.05, 0) is 31.4 Å². The molecule has 0 fully saturated rings. The van der Waals surface area contributed by atoms with Crippen molar-refractivity contribution in [2.75, 3.05) is 0 Å². The van der Waals surface area contributed by atoms with Crippen LogP contribution in [0.2, 0.25) is 0 Å². The Balaban J connectivity index is 2.28. The molecular weight excluding hydrogens is 254 g/mol. The number of rotatable bonds is 10. The lowest BCUT2D eigenvalue weighted by Gasteiger charge is -2.12. The van der Waals surface area contributed by atoms with E-state index in [9.17, 15) is 4.79 Å². The molecule has 1 heterocycles. The molecule has 0 aliphatic heterocycles. The first-order chi connectivity index (χ1) is 9.25. The van der Waals surface area contributed by atoms with Crippen LogP contribution in [0, 0.1) is 0 Å². The summed E-state index contributed by atoms with van der Waals surface area (Å²) in [7, 11) is 0. The minimum absolute atomic E-state index is 0.0784. The molecule has 0 N–H and O–H groups in total. The van der Waals surface area contributed by atoms with Gasteiger partial charge in [0.15, 0.2) is 5.12 Å². The summed E-state index contributed by atoms with van der Waals surface area (Å²) < 4.78 is 0. The van der Waals surface area contributed by atoms with Crippen molar-refractivity contribution in [2.24, 2.45) is 0 Å². The van der Waals surface area contributed by atoms with Gasteiger partial charge in [-0.3, -0.25) is 9.78 Å². The molecule has 0 saturated carbocycles. The molecule has 1 unspecified atom stereocenters. The van der Waals surface area contributed by atoms with E-state index < -0.39 is 0 Å². The van der Waals surface area contributed by atoms with E-state index in [-0.39, 0.29) is 11.0 Å². The molecule has 0 spiro atoms. The smallest absolute Gasteiger partial charge is 0.194 e. The van der Waals surface area contributed by atoms with Crippen molar-refractivity contribution in [1.29, 1.82) is 0 Å². The monoisotopic (exact) mass is 277 g/mol. The molecule has 0 aromatic carbocycles. The molecule has 2 nitrogen and oxygen atoms in total. The van der Waals surface area contributed by atoms with E-state index in [2.05, 4.69) is 24.2 Å². The second kappa shape index (κ2) is 9.79. The average Bonchev–Trinajstić information content (AvgIpc) is 2.42. The second-order valence-corrected chi connectivity index (χ2v) is 5.22. The Morgan fingerprint density at radius 3 is 2.63 bits per heavy atom. The van der Waals surface area contributed by atoms with Crippen LogP contribution in [0.15, 0.2) is 37.1 Å². The molecule has 0 saturated heterocycles. The molecule has 1 aromatic heterocycles. The van der Waals surface area contributed by atoms with Crippen LogP contribution in [0.4, 0.5) is 0 Å². The third-order valence-corrected chi connectivity index (χ3v) is 3.56. The fourth-order valence-electron chi connectivity index (χ4n) is 2.15. The van der Waals surface area contributed by atoms with Gasteiger partial charge < -0.3 is 0 Å². The van der Waals surface area contributed by atoms with Gasteiger partial charge in [0.1, 0.15) is 0 Å². The highest BCUT2D eigenvalue weighted by molar-refractivity contribution is 7.96. The molecule has 3 heteroatoms. The molecule has 1 rings (SSSR count). The third-order valence-electron chi connectivity index (χ3n) is 3.24. The van der Waals surface area contributed by atoms with Crippen LogP contribution in [-0.4, -0.2) is 10.1 Å². The van der Waals surface area contributed by atoms with E-state index in [0.717, 1.165) is 25.0 Å². The van der Waals surface area contributed by atoms with Crippen LogP contribution in [0.5, 0.6) is 0 Å². The summed E-state index contributed by atoms with van der Waals surface area (Å²) in [6.45, 7) is 3.72. The molecule has 0 aliphatic carbocycles. The second-order valence-electron chi connectivity index (χ2n) is 4.78. The van der Waals surface area contributed by atoms with Gasteiger partial charge in [-0.25, -0.2) is 0 Å². The number of hydrogen-bond donors (Lipinski definition) is 1. The highest BCUT2D eigenvalue weighted by atomic mass is 32.1. The van der Waals surface area contributed by atoms with Gasteiger partial charge in [0.05, 0.1) is 11.6 Å². The Kier molecular flexibility index (Phi) is 8.23. The number of allylic oxidation sites excluding steroid dienone is 1. The zero-order chi connectivity index (χ0) is 13.9. The topological polar surface area (TPSA) is 30.0 Å². The molecule has 19 heavy (non-hydrogen) atoms. The number of unbranched alkanes of at least 4 members (excludes halogenated alkanes) is 5. The van der Waals surface area contributed by atoms with Crippen molar-refractivity contribution in [1.82, 2.24) is 4.98 Å². The summed E-state index contributed by atoms with van der Waals surface area (Å²) in [5, 5.41) is -0.0784. The molecule has 0 aliphatic rings. The van der Waals surface area contributed by atoms with Gasteiger partial charge in [0, 0.05) is 6.20 Å². The summed E-state index contributed by atoms with van der Waals surface area (Å²) >= 11 is 3.99. The summed E-state index contributed by atoms with van der Waals surface area (Å²) in [6.07, 6.45) is 11.6. The van der Waals surface area contributed by atoms with Gasteiger partial charge in [0.2, 0.25) is 0 Å². The first-order valence-electron chi connectivity index (χ1n) is 7.00. The van der Waals surface area contributed by atoms with Crippen LogP contribution in [0.1, 0.15) is 56.6 Å². The lowest BCUT2D eigenvalue weighted by Crippen LogP contribution is -2.08. The van der Waals surface area contributed by atoms with Crippen molar-refractivity contribution in [3.63, 3.8) is 0 Å². The number of hydrogen-bond acceptors (Lipinski definition) is 2. The first-order valence-corrected chi connectivity index (χ1v) is 7.45. The van der Waals surface area contributed by atoms with Crippen LogP contribution < -0.4 is 0 Å². The molecule has 104 valence electrons. The van der Waals surface area contributed by atoms with Gasteiger partial charge >= 0.3 is 0 Å². The Bertz CT molecular complexity index is 378. The maximum atomic E-state index is 11.6.